The number of carbonyl (C=O) groups is 2. The summed E-state index contributed by atoms with van der Waals surface area (Å²) in [6, 6.07) is 5.79. The molecule has 0 saturated carbocycles. The van der Waals surface area contributed by atoms with Gasteiger partial charge in [0.05, 0.1) is 23.0 Å². The van der Waals surface area contributed by atoms with E-state index in [4.69, 9.17) is 0 Å². The Hall–Kier alpha value is -2.96. The molecule has 0 bridgehead atoms. The summed E-state index contributed by atoms with van der Waals surface area (Å²) in [5, 5.41) is 9.68. The summed E-state index contributed by atoms with van der Waals surface area (Å²) in [7, 11) is 0. The number of hydrogen-bond acceptors (Lipinski definition) is 2. The van der Waals surface area contributed by atoms with Gasteiger partial charge in [0.1, 0.15) is 11.6 Å². The van der Waals surface area contributed by atoms with Crippen molar-refractivity contribution in [2.45, 2.75) is 33.2 Å². The predicted molar refractivity (Wildman–Crippen MR) is 98.5 cm³/mol. The number of amides is 2. The van der Waals surface area contributed by atoms with Crippen molar-refractivity contribution in [1.82, 2.24) is 0 Å². The molecule has 1 heterocycles. The largest absolute Gasteiger partial charge is 0.465 e. The first-order valence-corrected chi connectivity index (χ1v) is 8.65. The monoisotopic (exact) mass is 374 g/mol. The molecule has 7 heteroatoms. The molecule has 1 unspecified atom stereocenters. The van der Waals surface area contributed by atoms with Gasteiger partial charge in [0.15, 0.2) is 0 Å². The topological polar surface area (TPSA) is 60.9 Å². The van der Waals surface area contributed by atoms with Gasteiger partial charge in [-0.15, -0.1) is 0 Å². The molecule has 0 saturated heterocycles. The van der Waals surface area contributed by atoms with Crippen LogP contribution in [0, 0.1) is 25.5 Å². The lowest BCUT2D eigenvalue weighted by Crippen LogP contribution is -2.53. The second kappa shape index (κ2) is 6.98. The van der Waals surface area contributed by atoms with Crippen LogP contribution in [0.15, 0.2) is 30.3 Å². The van der Waals surface area contributed by atoms with E-state index in [9.17, 15) is 23.5 Å². The minimum absolute atomic E-state index is 0.0912. The Kier molecular flexibility index (Phi) is 4.87. The molecule has 0 aliphatic carbocycles. The van der Waals surface area contributed by atoms with Crippen LogP contribution >= 0.6 is 0 Å². The number of aryl methyl sites for hydroxylation is 2. The second-order valence-electron chi connectivity index (χ2n) is 6.68. The van der Waals surface area contributed by atoms with Crippen LogP contribution in [-0.4, -0.2) is 29.7 Å². The number of carboxylic acid groups (broad SMARTS) is 1. The molecule has 3 rings (SSSR count). The average molecular weight is 374 g/mol. The Morgan fingerprint density at radius 3 is 2.30 bits per heavy atom. The van der Waals surface area contributed by atoms with Crippen LogP contribution in [0.3, 0.4) is 0 Å². The molecule has 5 nitrogen and oxygen atoms in total. The summed E-state index contributed by atoms with van der Waals surface area (Å²) in [4.78, 5) is 27.5. The van der Waals surface area contributed by atoms with E-state index in [0.29, 0.717) is 23.9 Å². The van der Waals surface area contributed by atoms with E-state index in [0.717, 1.165) is 23.3 Å². The van der Waals surface area contributed by atoms with Crippen LogP contribution < -0.4 is 9.80 Å². The first-order chi connectivity index (χ1) is 12.7. The van der Waals surface area contributed by atoms with E-state index >= 15 is 0 Å². The Balaban J connectivity index is 2.16. The molecule has 142 valence electrons. The molecule has 2 aromatic carbocycles. The van der Waals surface area contributed by atoms with Gasteiger partial charge in [-0.05, 0) is 55.7 Å². The Labute approximate surface area is 155 Å². The Morgan fingerprint density at radius 1 is 1.11 bits per heavy atom. The minimum atomic E-state index is -1.11. The maximum absolute atomic E-state index is 14.2. The smallest absolute Gasteiger partial charge is 0.412 e. The lowest BCUT2D eigenvalue weighted by Gasteiger charge is -2.41. The molecule has 1 atom stereocenters. The maximum atomic E-state index is 14.2. The van der Waals surface area contributed by atoms with Crippen molar-refractivity contribution >= 4 is 23.4 Å². The van der Waals surface area contributed by atoms with Crippen molar-refractivity contribution in [2.75, 3.05) is 16.3 Å². The highest BCUT2D eigenvalue weighted by atomic mass is 19.1. The number of nitrogens with zero attached hydrogens (tertiary/aromatic N) is 2. The van der Waals surface area contributed by atoms with Gasteiger partial charge in [-0.25, -0.2) is 13.6 Å². The van der Waals surface area contributed by atoms with Gasteiger partial charge in [-0.3, -0.25) is 9.69 Å². The SMILES string of the molecule is CCC1CN(C(=O)c2ccc(F)cc2F)c2cc(C)c(C)cc2N1C(=O)O. The summed E-state index contributed by atoms with van der Waals surface area (Å²) in [6.07, 6.45) is -0.625. The van der Waals surface area contributed by atoms with Crippen molar-refractivity contribution in [3.8, 4) is 0 Å². The summed E-state index contributed by atoms with van der Waals surface area (Å²) < 4.78 is 27.4. The minimum Gasteiger partial charge on any atom is -0.465 e. The molecular weight excluding hydrogens is 354 g/mol. The van der Waals surface area contributed by atoms with Gasteiger partial charge in [0.25, 0.3) is 5.91 Å². The van der Waals surface area contributed by atoms with Crippen LogP contribution in [0.5, 0.6) is 0 Å². The summed E-state index contributed by atoms with van der Waals surface area (Å²) >= 11 is 0. The highest BCUT2D eigenvalue weighted by molar-refractivity contribution is 6.10. The van der Waals surface area contributed by atoms with Crippen LogP contribution in [0.2, 0.25) is 0 Å². The lowest BCUT2D eigenvalue weighted by atomic mass is 9.99. The molecular formula is C20H20F2N2O3. The van der Waals surface area contributed by atoms with Crippen molar-refractivity contribution in [3.05, 3.63) is 58.7 Å². The molecule has 2 aromatic rings. The zero-order valence-electron chi connectivity index (χ0n) is 15.3. The summed E-state index contributed by atoms with van der Waals surface area (Å²) in [6.45, 7) is 5.63. The first-order valence-electron chi connectivity index (χ1n) is 8.65. The predicted octanol–water partition coefficient (Wildman–Crippen LogP) is 4.51. The van der Waals surface area contributed by atoms with Gasteiger partial charge >= 0.3 is 6.09 Å². The third-order valence-corrected chi connectivity index (χ3v) is 4.98. The third-order valence-electron chi connectivity index (χ3n) is 4.98. The van der Waals surface area contributed by atoms with Crippen molar-refractivity contribution < 1.29 is 23.5 Å². The number of hydrogen-bond donors (Lipinski definition) is 1. The Morgan fingerprint density at radius 2 is 1.74 bits per heavy atom. The quantitative estimate of drug-likeness (QED) is 0.842. The third kappa shape index (κ3) is 3.25. The van der Waals surface area contributed by atoms with E-state index in [1.807, 2.05) is 20.8 Å². The van der Waals surface area contributed by atoms with Crippen molar-refractivity contribution in [2.24, 2.45) is 0 Å². The first kappa shape index (κ1) is 18.8. The molecule has 27 heavy (non-hydrogen) atoms. The van der Waals surface area contributed by atoms with Crippen molar-refractivity contribution in [1.29, 1.82) is 0 Å². The second-order valence-corrected chi connectivity index (χ2v) is 6.68. The average Bonchev–Trinajstić information content (AvgIpc) is 2.60. The summed E-state index contributed by atoms with van der Waals surface area (Å²) in [5.74, 6) is -2.34. The van der Waals surface area contributed by atoms with Gasteiger partial charge in [0.2, 0.25) is 0 Å². The molecule has 1 aliphatic heterocycles. The van der Waals surface area contributed by atoms with Crippen LogP contribution in [0.25, 0.3) is 0 Å². The number of halogens is 2. The van der Waals surface area contributed by atoms with Gasteiger partial charge < -0.3 is 10.0 Å². The fraction of sp³-hybridized carbons (Fsp3) is 0.300. The maximum Gasteiger partial charge on any atom is 0.412 e. The van der Waals surface area contributed by atoms with Crippen molar-refractivity contribution in [3.63, 3.8) is 0 Å². The Bertz CT molecular complexity index is 930. The van der Waals surface area contributed by atoms with E-state index in [-0.39, 0.29) is 12.1 Å². The van der Waals surface area contributed by atoms with Crippen LogP contribution in [-0.2, 0) is 0 Å². The van der Waals surface area contributed by atoms with E-state index in [1.165, 1.54) is 9.80 Å². The number of anilines is 2. The molecule has 0 radical (unpaired) electrons. The van der Waals surface area contributed by atoms with Gasteiger partial charge in [0, 0.05) is 12.6 Å². The van der Waals surface area contributed by atoms with E-state index < -0.39 is 29.7 Å². The fourth-order valence-electron chi connectivity index (χ4n) is 3.35. The molecule has 1 aliphatic rings. The number of benzene rings is 2. The molecule has 0 aromatic heterocycles. The standard InChI is InChI=1S/C20H20F2N2O3/c1-4-14-10-23(19(25)15-6-5-13(21)9-16(15)22)17-7-11(2)12(3)8-18(17)24(14)20(26)27/h5-9,14H,4,10H2,1-3H3,(H,26,27). The van der Waals surface area contributed by atoms with Crippen LogP contribution in [0.4, 0.5) is 25.0 Å². The van der Waals surface area contributed by atoms with Crippen LogP contribution in [0.1, 0.15) is 34.8 Å². The molecule has 0 fully saturated rings. The highest BCUT2D eigenvalue weighted by Crippen LogP contribution is 2.39. The van der Waals surface area contributed by atoms with E-state index in [1.54, 1.807) is 12.1 Å². The molecule has 2 amide bonds. The number of fused-ring (bicyclic) bond motifs is 1. The molecule has 0 spiro atoms. The fourth-order valence-corrected chi connectivity index (χ4v) is 3.35. The van der Waals surface area contributed by atoms with E-state index in [2.05, 4.69) is 0 Å². The zero-order chi connectivity index (χ0) is 19.9. The normalized spacial score (nSPS) is 16.3. The zero-order valence-corrected chi connectivity index (χ0v) is 15.3. The lowest BCUT2D eigenvalue weighted by molar-refractivity contribution is 0.0978. The summed E-state index contributed by atoms with van der Waals surface area (Å²) in [5.41, 5.74) is 2.31. The van der Waals surface area contributed by atoms with Gasteiger partial charge in [-0.2, -0.15) is 0 Å². The molecule has 1 N–H and O–H groups in total. The number of rotatable bonds is 2. The highest BCUT2D eigenvalue weighted by Gasteiger charge is 2.37. The van der Waals surface area contributed by atoms with Gasteiger partial charge in [-0.1, -0.05) is 6.92 Å². The number of carbonyl (C=O) groups excluding carboxylic acids is 1.